The fourth-order valence-corrected chi connectivity index (χ4v) is 8.41. The molecular formula is C15H29P3. The molecule has 0 atom stereocenters. The SMILES string of the molecule is CC(C)(C)C1=PC(C(C)(C)C)P=C(C(C)(C)C)P1. The topological polar surface area (TPSA) is 0 Å². The summed E-state index contributed by atoms with van der Waals surface area (Å²) in [5.41, 5.74) is 1.12. The molecule has 0 bridgehead atoms. The van der Waals surface area contributed by atoms with E-state index >= 15 is 0 Å². The Bertz CT molecular complexity index is 340. The summed E-state index contributed by atoms with van der Waals surface area (Å²) in [6.07, 6.45) is 0. The summed E-state index contributed by atoms with van der Waals surface area (Å²) in [5, 5.41) is 4.28. The van der Waals surface area contributed by atoms with Crippen LogP contribution >= 0.6 is 25.0 Å². The molecule has 1 aliphatic heterocycles. The second kappa shape index (κ2) is 5.28. The predicted octanol–water partition coefficient (Wildman–Crippen LogP) is 6.30. The summed E-state index contributed by atoms with van der Waals surface area (Å²) in [7, 11) is 4.17. The van der Waals surface area contributed by atoms with Gasteiger partial charge in [0.2, 0.25) is 0 Å². The van der Waals surface area contributed by atoms with Crippen molar-refractivity contribution in [1.82, 2.24) is 0 Å². The molecule has 0 aromatic carbocycles. The van der Waals surface area contributed by atoms with Crippen molar-refractivity contribution in [3.8, 4) is 0 Å². The third kappa shape index (κ3) is 4.40. The maximum Gasteiger partial charge on any atom is 0.0482 e. The Morgan fingerprint density at radius 3 is 1.28 bits per heavy atom. The molecule has 0 spiro atoms. The molecule has 0 unspecified atom stereocenters. The summed E-state index contributed by atoms with van der Waals surface area (Å²) < 4.78 is 0. The van der Waals surface area contributed by atoms with E-state index in [0.29, 0.717) is 16.2 Å². The molecule has 0 saturated heterocycles. The van der Waals surface area contributed by atoms with Gasteiger partial charge in [0.1, 0.15) is 0 Å². The summed E-state index contributed by atoms with van der Waals surface area (Å²) in [6.45, 7) is 21.5. The molecule has 0 aromatic rings. The zero-order chi connectivity index (χ0) is 14.4. The van der Waals surface area contributed by atoms with Crippen molar-refractivity contribution in [3.63, 3.8) is 0 Å². The molecule has 0 aliphatic carbocycles. The molecule has 104 valence electrons. The Hall–Kier alpha value is 0.770. The van der Waals surface area contributed by atoms with Gasteiger partial charge >= 0.3 is 0 Å². The van der Waals surface area contributed by atoms with Gasteiger partial charge in [-0.3, -0.25) is 0 Å². The average molecular weight is 302 g/mol. The van der Waals surface area contributed by atoms with Crippen LogP contribution in [0.25, 0.3) is 0 Å². The normalized spacial score (nSPS) is 25.7. The minimum atomic E-state index is 0.357. The molecule has 0 fully saturated rings. The molecule has 1 heterocycles. The van der Waals surface area contributed by atoms with Crippen LogP contribution in [0.3, 0.4) is 0 Å². The van der Waals surface area contributed by atoms with Gasteiger partial charge in [0.25, 0.3) is 0 Å². The van der Waals surface area contributed by atoms with Crippen molar-refractivity contribution in [2.45, 2.75) is 67.7 Å². The first-order chi connectivity index (χ1) is 7.82. The van der Waals surface area contributed by atoms with E-state index in [4.69, 9.17) is 0 Å². The Morgan fingerprint density at radius 1 is 0.722 bits per heavy atom. The van der Waals surface area contributed by atoms with E-state index in [0.717, 1.165) is 14.0 Å². The average Bonchev–Trinajstić information content (AvgIpc) is 2.13. The zero-order valence-corrected chi connectivity index (χ0v) is 16.3. The van der Waals surface area contributed by atoms with Crippen LogP contribution in [0.1, 0.15) is 62.3 Å². The van der Waals surface area contributed by atoms with Crippen LogP contribution in [0, 0.1) is 16.2 Å². The fourth-order valence-electron chi connectivity index (χ4n) is 1.60. The Labute approximate surface area is 119 Å². The summed E-state index contributed by atoms with van der Waals surface area (Å²) in [4.78, 5) is 0. The quantitative estimate of drug-likeness (QED) is 0.461. The minimum Gasteiger partial charge on any atom is -0.0867 e. The summed E-state index contributed by atoms with van der Waals surface area (Å²) in [6, 6.07) is 0. The van der Waals surface area contributed by atoms with Crippen LogP contribution in [0.15, 0.2) is 0 Å². The van der Waals surface area contributed by atoms with Gasteiger partial charge in [-0.15, -0.1) is 0 Å². The highest BCUT2D eigenvalue weighted by molar-refractivity contribution is 7.95. The largest absolute Gasteiger partial charge is 0.0867 e. The second-order valence-corrected chi connectivity index (χ2v) is 13.3. The molecule has 0 nitrogen and oxygen atoms in total. The molecule has 0 N–H and O–H groups in total. The van der Waals surface area contributed by atoms with Crippen LogP contribution in [-0.2, 0) is 0 Å². The van der Waals surface area contributed by atoms with Gasteiger partial charge in [-0.1, -0.05) is 87.3 Å². The van der Waals surface area contributed by atoms with Gasteiger partial charge in [-0.2, -0.15) is 0 Å². The van der Waals surface area contributed by atoms with Gasteiger partial charge < -0.3 is 0 Å². The number of rotatable bonds is 0. The molecule has 1 rings (SSSR count). The van der Waals surface area contributed by atoms with E-state index in [9.17, 15) is 0 Å². The van der Waals surface area contributed by atoms with Gasteiger partial charge in [-0.05, 0) is 26.3 Å². The highest BCUT2D eigenvalue weighted by Gasteiger charge is 2.33. The van der Waals surface area contributed by atoms with Crippen molar-refractivity contribution in [2.24, 2.45) is 16.2 Å². The molecule has 1 aliphatic rings. The number of hydrogen-bond acceptors (Lipinski definition) is 0. The van der Waals surface area contributed by atoms with E-state index in [1.807, 2.05) is 0 Å². The van der Waals surface area contributed by atoms with Crippen LogP contribution in [0.2, 0.25) is 0 Å². The van der Waals surface area contributed by atoms with Crippen LogP contribution in [0.5, 0.6) is 0 Å². The Kier molecular flexibility index (Phi) is 4.93. The summed E-state index contributed by atoms with van der Waals surface area (Å²) >= 11 is 0. The first kappa shape index (κ1) is 16.8. The predicted molar refractivity (Wildman–Crippen MR) is 94.3 cm³/mol. The lowest BCUT2D eigenvalue weighted by molar-refractivity contribution is 0.457. The van der Waals surface area contributed by atoms with E-state index in [-0.39, 0.29) is 0 Å². The first-order valence-electron chi connectivity index (χ1n) is 6.75. The molecule has 18 heavy (non-hydrogen) atoms. The maximum absolute atomic E-state index is 2.40. The third-order valence-corrected chi connectivity index (χ3v) is 10.9. The minimum absolute atomic E-state index is 0.357. The molecule has 0 radical (unpaired) electrons. The molecule has 3 heteroatoms. The maximum atomic E-state index is 2.40. The van der Waals surface area contributed by atoms with E-state index < -0.39 is 0 Å². The zero-order valence-electron chi connectivity index (χ0n) is 13.5. The van der Waals surface area contributed by atoms with Crippen molar-refractivity contribution in [1.29, 1.82) is 0 Å². The molecule has 0 amide bonds. The fraction of sp³-hybridized carbons (Fsp3) is 0.867. The third-order valence-electron chi connectivity index (χ3n) is 2.93. The van der Waals surface area contributed by atoms with Gasteiger partial charge in [-0.25, -0.2) is 0 Å². The molecule has 0 aromatic heterocycles. The van der Waals surface area contributed by atoms with Crippen molar-refractivity contribution < 1.29 is 0 Å². The lowest BCUT2D eigenvalue weighted by Gasteiger charge is -2.37. The lowest BCUT2D eigenvalue weighted by Crippen LogP contribution is -2.27. The standard InChI is InChI=1S/C15H29P3/c1-13(2,3)10-16-11(14(4,5)6)18-12(17-10)15(7,8)9/h10,18H,1-9H3. The smallest absolute Gasteiger partial charge is 0.0482 e. The molecular weight excluding hydrogens is 273 g/mol. The Balaban J connectivity index is 3.19. The van der Waals surface area contributed by atoms with E-state index in [1.54, 1.807) is 26.5 Å². The first-order valence-corrected chi connectivity index (χ1v) is 9.68. The van der Waals surface area contributed by atoms with Crippen molar-refractivity contribution in [3.05, 3.63) is 0 Å². The van der Waals surface area contributed by atoms with Gasteiger partial charge in [0.05, 0.1) is 0 Å². The summed E-state index contributed by atoms with van der Waals surface area (Å²) in [5.74, 6) is 0. The van der Waals surface area contributed by atoms with Gasteiger partial charge in [0.15, 0.2) is 0 Å². The highest BCUT2D eigenvalue weighted by Crippen LogP contribution is 2.53. The second-order valence-electron chi connectivity index (χ2n) is 8.32. The van der Waals surface area contributed by atoms with Crippen molar-refractivity contribution in [2.75, 3.05) is 0 Å². The van der Waals surface area contributed by atoms with Crippen LogP contribution in [-0.4, -0.2) is 15.5 Å². The van der Waals surface area contributed by atoms with E-state index in [1.165, 1.54) is 0 Å². The lowest BCUT2D eigenvalue weighted by atomic mass is 9.99. The molecule has 0 saturated carbocycles. The highest BCUT2D eigenvalue weighted by atomic mass is 31.1. The van der Waals surface area contributed by atoms with Crippen molar-refractivity contribution >= 4 is 35.1 Å². The monoisotopic (exact) mass is 302 g/mol. The van der Waals surface area contributed by atoms with Crippen LogP contribution < -0.4 is 0 Å². The van der Waals surface area contributed by atoms with Gasteiger partial charge in [0, 0.05) is 5.40 Å². The number of hydrogen-bond donors (Lipinski definition) is 0. The van der Waals surface area contributed by atoms with E-state index in [2.05, 4.69) is 62.3 Å². The Morgan fingerprint density at radius 2 is 1.06 bits per heavy atom. The van der Waals surface area contributed by atoms with Crippen LogP contribution in [0.4, 0.5) is 0 Å².